The van der Waals surface area contributed by atoms with E-state index < -0.39 is 0 Å². The minimum atomic E-state index is 0.100. The smallest absolute Gasteiger partial charge is 0.258 e. The predicted octanol–water partition coefficient (Wildman–Crippen LogP) is 4.38. The van der Waals surface area contributed by atoms with Gasteiger partial charge in [-0.2, -0.15) is 4.98 Å². The van der Waals surface area contributed by atoms with Crippen LogP contribution in [0.2, 0.25) is 0 Å². The Labute approximate surface area is 164 Å². The number of rotatable bonds is 5. The van der Waals surface area contributed by atoms with Gasteiger partial charge in [-0.25, -0.2) is 0 Å². The molecule has 3 aromatic rings. The first kappa shape index (κ1) is 18.4. The molecule has 1 amide bonds. The summed E-state index contributed by atoms with van der Waals surface area (Å²) in [6, 6.07) is 15.3. The number of nitrogens with zero attached hydrogens (tertiary/aromatic N) is 2. The highest BCUT2D eigenvalue weighted by atomic mass is 16.5. The lowest BCUT2D eigenvalue weighted by Gasteiger charge is -2.20. The van der Waals surface area contributed by atoms with Crippen LogP contribution in [0.3, 0.4) is 0 Å². The molecule has 144 valence electrons. The van der Waals surface area contributed by atoms with E-state index in [1.165, 1.54) is 6.42 Å². The molecule has 0 saturated heterocycles. The molecule has 0 radical (unpaired) electrons. The van der Waals surface area contributed by atoms with Crippen molar-refractivity contribution < 1.29 is 9.32 Å². The van der Waals surface area contributed by atoms with E-state index in [-0.39, 0.29) is 11.8 Å². The Bertz CT molecular complexity index is 943. The minimum Gasteiger partial charge on any atom is -0.334 e. The third-order valence-corrected chi connectivity index (χ3v) is 5.23. The summed E-state index contributed by atoms with van der Waals surface area (Å²) in [5, 5.41) is 7.11. The SMILES string of the molecule is NCc1ccc(-c2noc(-c3cccc(NC(=O)C4CCCCC4)c3)n2)cc1. The molecule has 6 nitrogen and oxygen atoms in total. The molecule has 0 aliphatic heterocycles. The van der Waals surface area contributed by atoms with E-state index in [2.05, 4.69) is 15.5 Å². The monoisotopic (exact) mass is 376 g/mol. The first-order chi connectivity index (χ1) is 13.7. The highest BCUT2D eigenvalue weighted by Crippen LogP contribution is 2.27. The van der Waals surface area contributed by atoms with E-state index >= 15 is 0 Å². The van der Waals surface area contributed by atoms with Gasteiger partial charge >= 0.3 is 0 Å². The second-order valence-electron chi connectivity index (χ2n) is 7.23. The molecule has 0 atom stereocenters. The van der Waals surface area contributed by atoms with Crippen LogP contribution in [0.25, 0.3) is 22.8 Å². The Hall–Kier alpha value is -2.99. The molecule has 1 aromatic heterocycles. The first-order valence-electron chi connectivity index (χ1n) is 9.77. The maximum atomic E-state index is 12.5. The quantitative estimate of drug-likeness (QED) is 0.689. The third-order valence-electron chi connectivity index (χ3n) is 5.23. The number of aromatic nitrogens is 2. The zero-order valence-corrected chi connectivity index (χ0v) is 15.7. The van der Waals surface area contributed by atoms with Crippen LogP contribution < -0.4 is 11.1 Å². The molecular weight excluding hydrogens is 352 g/mol. The van der Waals surface area contributed by atoms with Crippen molar-refractivity contribution in [1.29, 1.82) is 0 Å². The largest absolute Gasteiger partial charge is 0.334 e. The van der Waals surface area contributed by atoms with Crippen LogP contribution in [-0.4, -0.2) is 16.0 Å². The number of benzene rings is 2. The Balaban J connectivity index is 1.49. The summed E-state index contributed by atoms with van der Waals surface area (Å²) >= 11 is 0. The Morgan fingerprint density at radius 2 is 1.86 bits per heavy atom. The summed E-state index contributed by atoms with van der Waals surface area (Å²) in [5.41, 5.74) is 9.08. The molecule has 28 heavy (non-hydrogen) atoms. The summed E-state index contributed by atoms with van der Waals surface area (Å²) in [5.74, 6) is 1.16. The lowest BCUT2D eigenvalue weighted by atomic mass is 9.88. The van der Waals surface area contributed by atoms with Crippen LogP contribution in [0.1, 0.15) is 37.7 Å². The van der Waals surface area contributed by atoms with Gasteiger partial charge in [-0.15, -0.1) is 0 Å². The number of nitrogens with two attached hydrogens (primary N) is 1. The topological polar surface area (TPSA) is 94.0 Å². The highest BCUT2D eigenvalue weighted by Gasteiger charge is 2.21. The summed E-state index contributed by atoms with van der Waals surface area (Å²) in [7, 11) is 0. The Morgan fingerprint density at radius 3 is 2.61 bits per heavy atom. The van der Waals surface area contributed by atoms with E-state index in [1.54, 1.807) is 0 Å². The molecule has 1 heterocycles. The van der Waals surface area contributed by atoms with Gasteiger partial charge in [-0.1, -0.05) is 54.8 Å². The lowest BCUT2D eigenvalue weighted by molar-refractivity contribution is -0.120. The van der Waals surface area contributed by atoms with Gasteiger partial charge in [0.05, 0.1) is 0 Å². The molecule has 0 unspecified atom stereocenters. The number of hydrogen-bond acceptors (Lipinski definition) is 5. The zero-order valence-electron chi connectivity index (χ0n) is 15.7. The van der Waals surface area contributed by atoms with Crippen LogP contribution >= 0.6 is 0 Å². The van der Waals surface area contributed by atoms with E-state index in [9.17, 15) is 4.79 Å². The molecule has 3 N–H and O–H groups in total. The Morgan fingerprint density at radius 1 is 1.07 bits per heavy atom. The van der Waals surface area contributed by atoms with Crippen molar-refractivity contribution in [2.75, 3.05) is 5.32 Å². The molecule has 4 rings (SSSR count). The molecule has 2 aromatic carbocycles. The third kappa shape index (κ3) is 4.12. The van der Waals surface area contributed by atoms with Crippen LogP contribution in [0.15, 0.2) is 53.1 Å². The highest BCUT2D eigenvalue weighted by molar-refractivity contribution is 5.93. The maximum absolute atomic E-state index is 12.5. The molecule has 0 bridgehead atoms. The normalized spacial score (nSPS) is 14.8. The fourth-order valence-corrected chi connectivity index (χ4v) is 3.59. The van der Waals surface area contributed by atoms with Gasteiger partial charge < -0.3 is 15.6 Å². The van der Waals surface area contributed by atoms with Gasteiger partial charge in [0.15, 0.2) is 0 Å². The van der Waals surface area contributed by atoms with Crippen molar-refractivity contribution in [1.82, 2.24) is 10.1 Å². The van der Waals surface area contributed by atoms with Gasteiger partial charge in [0, 0.05) is 29.3 Å². The Kier molecular flexibility index (Phi) is 5.48. The molecule has 1 saturated carbocycles. The van der Waals surface area contributed by atoms with Crippen molar-refractivity contribution in [3.05, 3.63) is 54.1 Å². The van der Waals surface area contributed by atoms with Gasteiger partial charge in [-0.3, -0.25) is 4.79 Å². The van der Waals surface area contributed by atoms with Crippen molar-refractivity contribution in [3.63, 3.8) is 0 Å². The summed E-state index contributed by atoms with van der Waals surface area (Å²) < 4.78 is 5.44. The average Bonchev–Trinajstić information content (AvgIpc) is 3.25. The van der Waals surface area contributed by atoms with Crippen LogP contribution in [0.4, 0.5) is 5.69 Å². The van der Waals surface area contributed by atoms with Gasteiger partial charge in [0.2, 0.25) is 11.7 Å². The van der Waals surface area contributed by atoms with Gasteiger partial charge in [0.1, 0.15) is 0 Å². The van der Waals surface area contributed by atoms with Crippen molar-refractivity contribution >= 4 is 11.6 Å². The number of anilines is 1. The van der Waals surface area contributed by atoms with E-state index in [0.717, 1.165) is 48.1 Å². The first-order valence-corrected chi connectivity index (χ1v) is 9.77. The number of nitrogens with one attached hydrogen (secondary N) is 1. The van der Waals surface area contributed by atoms with Crippen LogP contribution in [0, 0.1) is 5.92 Å². The average molecular weight is 376 g/mol. The minimum absolute atomic E-state index is 0.100. The second-order valence-corrected chi connectivity index (χ2v) is 7.23. The van der Waals surface area contributed by atoms with E-state index in [0.29, 0.717) is 18.3 Å². The zero-order chi connectivity index (χ0) is 19.3. The summed E-state index contributed by atoms with van der Waals surface area (Å²) in [6.07, 6.45) is 5.45. The van der Waals surface area contributed by atoms with Crippen molar-refractivity contribution in [3.8, 4) is 22.8 Å². The second kappa shape index (κ2) is 8.35. The fourth-order valence-electron chi connectivity index (χ4n) is 3.59. The molecule has 1 fully saturated rings. The van der Waals surface area contributed by atoms with Crippen LogP contribution in [0.5, 0.6) is 0 Å². The molecular formula is C22H24N4O2. The molecule has 0 spiro atoms. The maximum Gasteiger partial charge on any atom is 0.258 e. The van der Waals surface area contributed by atoms with Crippen molar-refractivity contribution in [2.24, 2.45) is 11.7 Å². The van der Waals surface area contributed by atoms with E-state index in [4.69, 9.17) is 10.3 Å². The molecule has 1 aliphatic rings. The van der Waals surface area contributed by atoms with Crippen molar-refractivity contribution in [2.45, 2.75) is 38.6 Å². The summed E-state index contributed by atoms with van der Waals surface area (Å²) in [4.78, 5) is 17.0. The van der Waals surface area contributed by atoms with Gasteiger partial charge in [-0.05, 0) is 36.6 Å². The van der Waals surface area contributed by atoms with Gasteiger partial charge in [0.25, 0.3) is 5.89 Å². The number of amides is 1. The number of carbonyl (C=O) groups excluding carboxylic acids is 1. The number of hydrogen-bond donors (Lipinski definition) is 2. The van der Waals surface area contributed by atoms with Crippen LogP contribution in [-0.2, 0) is 11.3 Å². The van der Waals surface area contributed by atoms with E-state index in [1.807, 2.05) is 48.5 Å². The molecule has 1 aliphatic carbocycles. The number of carbonyl (C=O) groups is 1. The molecule has 6 heteroatoms. The fraction of sp³-hybridized carbons (Fsp3) is 0.318. The predicted molar refractivity (Wildman–Crippen MR) is 108 cm³/mol. The standard InChI is InChI=1S/C22H24N4O2/c23-14-15-9-11-16(12-10-15)20-25-22(28-26-20)18-7-4-8-19(13-18)24-21(27)17-5-2-1-3-6-17/h4,7-13,17H,1-3,5-6,14,23H2,(H,24,27). The lowest BCUT2D eigenvalue weighted by Crippen LogP contribution is -2.24. The summed E-state index contributed by atoms with van der Waals surface area (Å²) in [6.45, 7) is 0.497.